The lowest BCUT2D eigenvalue weighted by molar-refractivity contribution is 0.626. The zero-order valence-corrected chi connectivity index (χ0v) is 14.5. The zero-order valence-electron chi connectivity index (χ0n) is 14.5. The number of halogens is 1. The van der Waals surface area contributed by atoms with Gasteiger partial charge in [-0.05, 0) is 43.7 Å². The van der Waals surface area contributed by atoms with E-state index in [2.05, 4.69) is 10.2 Å². The zero-order chi connectivity index (χ0) is 18.3. The lowest BCUT2D eigenvalue weighted by atomic mass is 10.1. The van der Waals surface area contributed by atoms with Gasteiger partial charge in [0, 0.05) is 5.39 Å². The van der Waals surface area contributed by atoms with E-state index in [1.165, 1.54) is 21.5 Å². The minimum atomic E-state index is -0.333. The normalized spacial score (nSPS) is 11.2. The Morgan fingerprint density at radius 2 is 1.69 bits per heavy atom. The minimum Gasteiger partial charge on any atom is -0.265 e. The number of fused-ring (bicyclic) bond motifs is 1. The molecule has 0 bridgehead atoms. The van der Waals surface area contributed by atoms with Gasteiger partial charge < -0.3 is 0 Å². The highest BCUT2D eigenvalue weighted by Crippen LogP contribution is 2.17. The second-order valence-electron chi connectivity index (χ2n) is 6.33. The molecule has 0 aliphatic rings. The van der Waals surface area contributed by atoms with E-state index in [1.54, 1.807) is 18.3 Å². The summed E-state index contributed by atoms with van der Waals surface area (Å²) in [6.45, 7) is 4.25. The van der Waals surface area contributed by atoms with Crippen molar-refractivity contribution < 1.29 is 4.39 Å². The molecule has 0 saturated carbocycles. The van der Waals surface area contributed by atoms with Crippen molar-refractivity contribution in [2.24, 2.45) is 0 Å². The second-order valence-corrected chi connectivity index (χ2v) is 6.33. The molecular weight excluding hydrogens is 331 g/mol. The summed E-state index contributed by atoms with van der Waals surface area (Å²) in [4.78, 5) is 13.0. The third-order valence-corrected chi connectivity index (χ3v) is 4.39. The first-order valence-corrected chi connectivity index (χ1v) is 8.30. The van der Waals surface area contributed by atoms with Crippen molar-refractivity contribution in [2.75, 3.05) is 0 Å². The van der Waals surface area contributed by atoms with Crippen LogP contribution in [0.15, 0.2) is 59.5 Å². The first kappa shape index (κ1) is 16.2. The molecule has 0 unspecified atom stereocenters. The van der Waals surface area contributed by atoms with Gasteiger partial charge in [0.15, 0.2) is 0 Å². The molecule has 0 N–H and O–H groups in total. The number of aryl methyl sites for hydroxylation is 2. The van der Waals surface area contributed by atoms with Crippen molar-refractivity contribution in [1.82, 2.24) is 19.6 Å². The maximum absolute atomic E-state index is 13.2. The number of rotatable bonds is 3. The average molecular weight is 348 g/mol. The Hall–Kier alpha value is -3.28. The summed E-state index contributed by atoms with van der Waals surface area (Å²) in [5.41, 5.74) is 3.72. The molecule has 5 nitrogen and oxygen atoms in total. The molecule has 130 valence electrons. The molecule has 2 aromatic heterocycles. The van der Waals surface area contributed by atoms with Gasteiger partial charge in [-0.15, -0.1) is 0 Å². The van der Waals surface area contributed by atoms with E-state index in [0.29, 0.717) is 23.1 Å². The van der Waals surface area contributed by atoms with E-state index in [0.717, 1.165) is 16.8 Å². The van der Waals surface area contributed by atoms with Crippen molar-refractivity contribution in [3.8, 4) is 5.69 Å². The smallest absolute Gasteiger partial charge is 0.265 e. The molecule has 0 amide bonds. The Kier molecular flexibility index (Phi) is 3.88. The van der Waals surface area contributed by atoms with Crippen LogP contribution in [-0.4, -0.2) is 19.6 Å². The third kappa shape index (κ3) is 2.79. The van der Waals surface area contributed by atoms with Crippen LogP contribution in [0.1, 0.15) is 16.8 Å². The van der Waals surface area contributed by atoms with Crippen LogP contribution in [0, 0.1) is 19.7 Å². The number of aromatic nitrogens is 4. The maximum atomic E-state index is 13.2. The van der Waals surface area contributed by atoms with E-state index in [4.69, 9.17) is 0 Å². The molecule has 0 spiro atoms. The number of hydrogen-bond donors (Lipinski definition) is 0. The van der Waals surface area contributed by atoms with Crippen LogP contribution in [0.5, 0.6) is 0 Å². The second kappa shape index (κ2) is 6.22. The van der Waals surface area contributed by atoms with Gasteiger partial charge in [0.1, 0.15) is 11.3 Å². The molecule has 26 heavy (non-hydrogen) atoms. The summed E-state index contributed by atoms with van der Waals surface area (Å²) >= 11 is 0. The van der Waals surface area contributed by atoms with Gasteiger partial charge in [0.2, 0.25) is 0 Å². The van der Waals surface area contributed by atoms with Crippen molar-refractivity contribution in [3.63, 3.8) is 0 Å². The van der Waals surface area contributed by atoms with Gasteiger partial charge in [0.25, 0.3) is 5.56 Å². The Labute approximate surface area is 149 Å². The van der Waals surface area contributed by atoms with Crippen molar-refractivity contribution in [1.29, 1.82) is 0 Å². The molecule has 6 heteroatoms. The molecule has 0 atom stereocenters. The SMILES string of the molecule is Cc1ccc(Cn2nc(C)c3cnn(-c4ccc(F)cc4)c3c2=O)cc1. The molecule has 0 aliphatic carbocycles. The Morgan fingerprint density at radius 3 is 2.38 bits per heavy atom. The fraction of sp³-hybridized carbons (Fsp3) is 0.150. The minimum absolute atomic E-state index is 0.229. The first-order chi connectivity index (χ1) is 12.5. The van der Waals surface area contributed by atoms with Crippen LogP contribution in [0.2, 0.25) is 0 Å². The largest absolute Gasteiger partial charge is 0.293 e. The Morgan fingerprint density at radius 1 is 1.00 bits per heavy atom. The van der Waals surface area contributed by atoms with E-state index < -0.39 is 0 Å². The van der Waals surface area contributed by atoms with Gasteiger partial charge in [-0.2, -0.15) is 10.2 Å². The molecule has 0 saturated heterocycles. The summed E-state index contributed by atoms with van der Waals surface area (Å²) < 4.78 is 16.2. The van der Waals surface area contributed by atoms with Crippen LogP contribution in [0.3, 0.4) is 0 Å². The molecule has 0 aliphatic heterocycles. The molecule has 4 aromatic rings. The summed E-state index contributed by atoms with van der Waals surface area (Å²) in [5.74, 6) is -0.333. The summed E-state index contributed by atoms with van der Waals surface area (Å²) in [7, 11) is 0. The van der Waals surface area contributed by atoms with Crippen LogP contribution >= 0.6 is 0 Å². The van der Waals surface area contributed by atoms with E-state index in [1.807, 2.05) is 38.1 Å². The third-order valence-electron chi connectivity index (χ3n) is 4.39. The highest BCUT2D eigenvalue weighted by atomic mass is 19.1. The maximum Gasteiger partial charge on any atom is 0.293 e. The molecule has 0 radical (unpaired) electrons. The topological polar surface area (TPSA) is 52.7 Å². The van der Waals surface area contributed by atoms with Gasteiger partial charge in [0.05, 0.1) is 24.1 Å². The highest BCUT2D eigenvalue weighted by Gasteiger charge is 2.15. The average Bonchev–Trinajstić information content (AvgIpc) is 3.08. The standard InChI is InChI=1S/C20H17FN4O/c1-13-3-5-15(6-4-13)12-24-20(26)19-18(14(2)23-24)11-22-25(19)17-9-7-16(21)8-10-17/h3-11H,12H2,1-2H3. The van der Waals surface area contributed by atoms with Crippen LogP contribution < -0.4 is 5.56 Å². The Bertz CT molecular complexity index is 1140. The van der Waals surface area contributed by atoms with Gasteiger partial charge >= 0.3 is 0 Å². The lowest BCUT2D eigenvalue weighted by Crippen LogP contribution is -2.26. The Balaban J connectivity index is 1.87. The van der Waals surface area contributed by atoms with Gasteiger partial charge in [-0.25, -0.2) is 13.8 Å². The summed E-state index contributed by atoms with van der Waals surface area (Å²) in [6, 6.07) is 13.9. The van der Waals surface area contributed by atoms with Gasteiger partial charge in [-0.1, -0.05) is 29.8 Å². The summed E-state index contributed by atoms with van der Waals surface area (Å²) in [6.07, 6.45) is 1.62. The fourth-order valence-electron chi connectivity index (χ4n) is 2.97. The quantitative estimate of drug-likeness (QED) is 0.570. The van der Waals surface area contributed by atoms with Crippen molar-refractivity contribution >= 4 is 10.9 Å². The fourth-order valence-corrected chi connectivity index (χ4v) is 2.97. The van der Waals surface area contributed by atoms with E-state index in [-0.39, 0.29) is 11.4 Å². The van der Waals surface area contributed by atoms with E-state index >= 15 is 0 Å². The predicted molar refractivity (Wildman–Crippen MR) is 98.1 cm³/mol. The van der Waals surface area contributed by atoms with Crippen molar-refractivity contribution in [2.45, 2.75) is 20.4 Å². The summed E-state index contributed by atoms with van der Waals surface area (Å²) in [5, 5.41) is 9.44. The monoisotopic (exact) mass is 348 g/mol. The van der Waals surface area contributed by atoms with Crippen LogP contribution in [-0.2, 0) is 6.54 Å². The highest BCUT2D eigenvalue weighted by molar-refractivity contribution is 5.81. The van der Waals surface area contributed by atoms with E-state index in [9.17, 15) is 9.18 Å². The number of benzene rings is 2. The molecular formula is C20H17FN4O. The predicted octanol–water partition coefficient (Wildman–Crippen LogP) is 3.39. The van der Waals surface area contributed by atoms with Crippen molar-refractivity contribution in [3.05, 3.63) is 87.7 Å². The molecule has 4 rings (SSSR count). The number of nitrogens with zero attached hydrogens (tertiary/aromatic N) is 4. The van der Waals surface area contributed by atoms with Crippen LogP contribution in [0.25, 0.3) is 16.6 Å². The van der Waals surface area contributed by atoms with Gasteiger partial charge in [-0.3, -0.25) is 4.79 Å². The van der Waals surface area contributed by atoms with Crippen LogP contribution in [0.4, 0.5) is 4.39 Å². The first-order valence-electron chi connectivity index (χ1n) is 8.30. The molecule has 0 fully saturated rings. The molecule has 2 heterocycles. The number of hydrogen-bond acceptors (Lipinski definition) is 3. The molecule has 2 aromatic carbocycles. The lowest BCUT2D eigenvalue weighted by Gasteiger charge is -2.09.